The van der Waals surface area contributed by atoms with E-state index in [0.717, 1.165) is 18.7 Å². The Labute approximate surface area is 104 Å². The van der Waals surface area contributed by atoms with Crippen LogP contribution in [-0.2, 0) is 0 Å². The normalized spacial score (nSPS) is 11.5. The Hall–Kier alpha value is -1.46. The lowest BCUT2D eigenvalue weighted by atomic mass is 10.2. The first-order valence-electron chi connectivity index (χ1n) is 6.05. The Bertz CT molecular complexity index is 372. The summed E-state index contributed by atoms with van der Waals surface area (Å²) in [7, 11) is 0. The molecule has 0 aliphatic heterocycles. The van der Waals surface area contributed by atoms with Gasteiger partial charge in [-0.1, -0.05) is 17.7 Å². The van der Waals surface area contributed by atoms with Crippen LogP contribution in [0.3, 0.4) is 0 Å². The maximum Gasteiger partial charge on any atom is 0.119 e. The fraction of sp³-hybridized carbons (Fsp3) is 0.467. The van der Waals surface area contributed by atoms with Crippen LogP contribution in [0.25, 0.3) is 0 Å². The summed E-state index contributed by atoms with van der Waals surface area (Å²) in [6.07, 6.45) is 0.894. The third kappa shape index (κ3) is 5.99. The average molecular weight is 231 g/mol. The zero-order valence-electron chi connectivity index (χ0n) is 10.9. The zero-order chi connectivity index (χ0) is 12.5. The predicted octanol–water partition coefficient (Wildman–Crippen LogP) is 2.77. The molecular formula is C15H21NO. The monoisotopic (exact) mass is 231 g/mol. The smallest absolute Gasteiger partial charge is 0.119 e. The number of aryl methyl sites for hydroxylation is 1. The summed E-state index contributed by atoms with van der Waals surface area (Å²) < 4.78 is 5.68. The molecule has 0 heterocycles. The van der Waals surface area contributed by atoms with Gasteiger partial charge in [-0.15, -0.1) is 11.8 Å². The van der Waals surface area contributed by atoms with Crippen LogP contribution in [-0.4, -0.2) is 19.2 Å². The number of hydrogen-bond donors (Lipinski definition) is 1. The molecule has 2 heteroatoms. The molecule has 0 spiro atoms. The highest BCUT2D eigenvalue weighted by atomic mass is 16.5. The number of ether oxygens (including phenoxy) is 1. The molecule has 0 radical (unpaired) electrons. The predicted molar refractivity (Wildman–Crippen MR) is 72.2 cm³/mol. The molecule has 0 fully saturated rings. The summed E-state index contributed by atoms with van der Waals surface area (Å²) in [6, 6.07) is 8.47. The van der Waals surface area contributed by atoms with E-state index >= 15 is 0 Å². The lowest BCUT2D eigenvalue weighted by Crippen LogP contribution is -2.32. The van der Waals surface area contributed by atoms with Crippen LogP contribution < -0.4 is 10.1 Å². The number of rotatable bonds is 6. The Morgan fingerprint density at radius 1 is 1.29 bits per heavy atom. The quantitative estimate of drug-likeness (QED) is 0.600. The SMILES string of the molecule is CC#CCCNC(C)COc1ccc(C)cc1. The molecule has 0 aromatic heterocycles. The molecule has 0 aliphatic rings. The highest BCUT2D eigenvalue weighted by Gasteiger charge is 2.01. The minimum absolute atomic E-state index is 0.343. The number of benzene rings is 1. The average Bonchev–Trinajstić information content (AvgIpc) is 2.34. The second-order valence-electron chi connectivity index (χ2n) is 4.16. The summed E-state index contributed by atoms with van der Waals surface area (Å²) in [5.41, 5.74) is 1.25. The van der Waals surface area contributed by atoms with Crippen LogP contribution in [0.4, 0.5) is 0 Å². The third-order valence-electron chi connectivity index (χ3n) is 2.44. The minimum atomic E-state index is 0.343. The van der Waals surface area contributed by atoms with Crippen molar-refractivity contribution in [1.29, 1.82) is 0 Å². The Morgan fingerprint density at radius 2 is 2.00 bits per heavy atom. The largest absolute Gasteiger partial charge is 0.492 e. The second-order valence-corrected chi connectivity index (χ2v) is 4.16. The van der Waals surface area contributed by atoms with Crippen molar-refractivity contribution in [2.45, 2.75) is 33.2 Å². The van der Waals surface area contributed by atoms with Crippen molar-refractivity contribution < 1.29 is 4.74 Å². The van der Waals surface area contributed by atoms with E-state index in [2.05, 4.69) is 43.1 Å². The Balaban J connectivity index is 2.20. The van der Waals surface area contributed by atoms with Gasteiger partial charge in [0.25, 0.3) is 0 Å². The van der Waals surface area contributed by atoms with Crippen molar-refractivity contribution in [1.82, 2.24) is 5.32 Å². The van der Waals surface area contributed by atoms with Crippen LogP contribution >= 0.6 is 0 Å². The van der Waals surface area contributed by atoms with Gasteiger partial charge in [-0.25, -0.2) is 0 Å². The lowest BCUT2D eigenvalue weighted by Gasteiger charge is -2.14. The van der Waals surface area contributed by atoms with Crippen LogP contribution in [0, 0.1) is 18.8 Å². The van der Waals surface area contributed by atoms with Crippen molar-refractivity contribution in [3.8, 4) is 17.6 Å². The third-order valence-corrected chi connectivity index (χ3v) is 2.44. The number of nitrogens with one attached hydrogen (secondary N) is 1. The molecule has 1 N–H and O–H groups in total. The summed E-state index contributed by atoms with van der Waals surface area (Å²) >= 11 is 0. The van der Waals surface area contributed by atoms with E-state index in [1.54, 1.807) is 0 Å². The van der Waals surface area contributed by atoms with Crippen molar-refractivity contribution >= 4 is 0 Å². The topological polar surface area (TPSA) is 21.3 Å². The molecule has 17 heavy (non-hydrogen) atoms. The van der Waals surface area contributed by atoms with Crippen LogP contribution in [0.2, 0.25) is 0 Å². The van der Waals surface area contributed by atoms with Gasteiger partial charge in [-0.3, -0.25) is 0 Å². The van der Waals surface area contributed by atoms with Gasteiger partial charge in [-0.05, 0) is 32.9 Å². The van der Waals surface area contributed by atoms with Gasteiger partial charge < -0.3 is 10.1 Å². The highest BCUT2D eigenvalue weighted by Crippen LogP contribution is 2.11. The van der Waals surface area contributed by atoms with Crippen molar-refractivity contribution in [2.24, 2.45) is 0 Å². The van der Waals surface area contributed by atoms with Crippen LogP contribution in [0.15, 0.2) is 24.3 Å². The van der Waals surface area contributed by atoms with E-state index < -0.39 is 0 Å². The molecular weight excluding hydrogens is 210 g/mol. The van der Waals surface area contributed by atoms with Gasteiger partial charge in [0, 0.05) is 19.0 Å². The maximum absolute atomic E-state index is 5.68. The second kappa shape index (κ2) is 7.76. The summed E-state index contributed by atoms with van der Waals surface area (Å²) in [4.78, 5) is 0. The molecule has 2 nitrogen and oxygen atoms in total. The molecule has 1 aromatic carbocycles. The van der Waals surface area contributed by atoms with Gasteiger partial charge >= 0.3 is 0 Å². The minimum Gasteiger partial charge on any atom is -0.492 e. The first-order chi connectivity index (χ1) is 8.22. The van der Waals surface area contributed by atoms with Gasteiger partial charge in [0.2, 0.25) is 0 Å². The zero-order valence-corrected chi connectivity index (χ0v) is 10.9. The molecule has 1 atom stereocenters. The van der Waals surface area contributed by atoms with E-state index in [4.69, 9.17) is 4.74 Å². The summed E-state index contributed by atoms with van der Waals surface area (Å²) in [5, 5.41) is 3.37. The molecule has 0 bridgehead atoms. The Morgan fingerprint density at radius 3 is 2.65 bits per heavy atom. The van der Waals surface area contributed by atoms with E-state index in [9.17, 15) is 0 Å². The van der Waals surface area contributed by atoms with Crippen LogP contribution in [0.5, 0.6) is 5.75 Å². The standard InChI is InChI=1S/C15H21NO/c1-4-5-6-11-16-14(3)12-17-15-9-7-13(2)8-10-15/h7-10,14,16H,6,11-12H2,1-3H3. The first-order valence-corrected chi connectivity index (χ1v) is 6.05. The lowest BCUT2D eigenvalue weighted by molar-refractivity contribution is 0.274. The molecule has 92 valence electrons. The first kappa shape index (κ1) is 13.6. The molecule has 0 amide bonds. The van der Waals surface area contributed by atoms with E-state index in [1.165, 1.54) is 5.56 Å². The molecule has 1 unspecified atom stereocenters. The van der Waals surface area contributed by atoms with Gasteiger partial charge in [0.15, 0.2) is 0 Å². The van der Waals surface area contributed by atoms with Crippen molar-refractivity contribution in [3.05, 3.63) is 29.8 Å². The van der Waals surface area contributed by atoms with Crippen LogP contribution in [0.1, 0.15) is 25.8 Å². The fourth-order valence-corrected chi connectivity index (χ4v) is 1.42. The maximum atomic E-state index is 5.68. The van der Waals surface area contributed by atoms with Crippen molar-refractivity contribution in [2.75, 3.05) is 13.2 Å². The summed E-state index contributed by atoms with van der Waals surface area (Å²) in [6.45, 7) is 7.65. The van der Waals surface area contributed by atoms with Gasteiger partial charge in [0.05, 0.1) is 0 Å². The number of hydrogen-bond acceptors (Lipinski definition) is 2. The van der Waals surface area contributed by atoms with E-state index in [-0.39, 0.29) is 0 Å². The van der Waals surface area contributed by atoms with E-state index in [1.807, 2.05) is 19.1 Å². The van der Waals surface area contributed by atoms with Gasteiger partial charge in [-0.2, -0.15) is 0 Å². The molecule has 1 aromatic rings. The molecule has 0 saturated heterocycles. The fourth-order valence-electron chi connectivity index (χ4n) is 1.42. The molecule has 1 rings (SSSR count). The molecule has 0 saturated carbocycles. The highest BCUT2D eigenvalue weighted by molar-refractivity contribution is 5.26. The van der Waals surface area contributed by atoms with E-state index in [0.29, 0.717) is 12.6 Å². The summed E-state index contributed by atoms with van der Waals surface area (Å²) in [5.74, 6) is 6.84. The molecule has 0 aliphatic carbocycles. The van der Waals surface area contributed by atoms with Gasteiger partial charge in [0.1, 0.15) is 12.4 Å². The Kier molecular flexibility index (Phi) is 6.21. The van der Waals surface area contributed by atoms with Crippen molar-refractivity contribution in [3.63, 3.8) is 0 Å².